The van der Waals surface area contributed by atoms with Crippen molar-refractivity contribution < 1.29 is 0 Å². The van der Waals surface area contributed by atoms with Crippen LogP contribution in [0.15, 0.2) is 47.5 Å². The fraction of sp³-hybridized carbons (Fsp3) is 0.200. The first-order chi connectivity index (χ1) is 10.3. The Morgan fingerprint density at radius 2 is 2.05 bits per heavy atom. The van der Waals surface area contributed by atoms with Crippen molar-refractivity contribution in [2.75, 3.05) is 0 Å². The summed E-state index contributed by atoms with van der Waals surface area (Å²) in [6, 6.07) is 9.93. The average molecular weight is 281 g/mol. The van der Waals surface area contributed by atoms with Crippen LogP contribution in [0.3, 0.4) is 0 Å². The van der Waals surface area contributed by atoms with Crippen LogP contribution in [0.1, 0.15) is 12.5 Å². The smallest absolute Gasteiger partial charge is 0.283 e. The van der Waals surface area contributed by atoms with Crippen molar-refractivity contribution >= 4 is 17.2 Å². The second kappa shape index (κ2) is 5.70. The molecule has 0 fully saturated rings. The number of aromatic nitrogens is 5. The first-order valence-corrected chi connectivity index (χ1v) is 6.80. The molecule has 6 nitrogen and oxygen atoms in total. The van der Waals surface area contributed by atoms with Crippen molar-refractivity contribution in [1.29, 1.82) is 0 Å². The van der Waals surface area contributed by atoms with Crippen molar-refractivity contribution in [3.8, 4) is 0 Å². The Balaban J connectivity index is 1.86. The van der Waals surface area contributed by atoms with Crippen LogP contribution in [0.2, 0.25) is 0 Å². The summed E-state index contributed by atoms with van der Waals surface area (Å²) in [7, 11) is 0. The van der Waals surface area contributed by atoms with E-state index >= 15 is 0 Å². The Hall–Kier alpha value is -2.76. The standard InChI is InChI=1S/C15H15N5O/c1-2-20-14-13(17-18-20)15(21)19(11-16-14)10-6-9-12-7-4-3-5-8-12/h3-9,11H,2,10H2,1H3. The number of hydrogen-bond acceptors (Lipinski definition) is 4. The normalized spacial score (nSPS) is 11.5. The van der Waals surface area contributed by atoms with Crippen molar-refractivity contribution in [1.82, 2.24) is 24.5 Å². The first-order valence-electron chi connectivity index (χ1n) is 6.80. The van der Waals surface area contributed by atoms with E-state index in [2.05, 4.69) is 15.3 Å². The van der Waals surface area contributed by atoms with E-state index in [0.29, 0.717) is 24.3 Å². The predicted molar refractivity (Wildman–Crippen MR) is 80.7 cm³/mol. The molecule has 0 saturated heterocycles. The molecule has 0 spiro atoms. The quantitative estimate of drug-likeness (QED) is 0.730. The summed E-state index contributed by atoms with van der Waals surface area (Å²) < 4.78 is 3.14. The van der Waals surface area contributed by atoms with Gasteiger partial charge in [-0.25, -0.2) is 9.67 Å². The summed E-state index contributed by atoms with van der Waals surface area (Å²) in [6.07, 6.45) is 5.43. The molecule has 0 N–H and O–H groups in total. The number of allylic oxidation sites excluding steroid dienone is 1. The Bertz CT molecular complexity index is 832. The lowest BCUT2D eigenvalue weighted by Gasteiger charge is -2.01. The van der Waals surface area contributed by atoms with Gasteiger partial charge in [0.25, 0.3) is 5.56 Å². The van der Waals surface area contributed by atoms with Crippen LogP contribution in [0.4, 0.5) is 0 Å². The van der Waals surface area contributed by atoms with Crippen molar-refractivity contribution in [2.24, 2.45) is 0 Å². The van der Waals surface area contributed by atoms with Crippen LogP contribution in [-0.2, 0) is 13.1 Å². The van der Waals surface area contributed by atoms with Gasteiger partial charge in [0.2, 0.25) is 0 Å². The predicted octanol–water partition coefficient (Wildman–Crippen LogP) is 1.72. The lowest BCUT2D eigenvalue weighted by atomic mass is 10.2. The monoisotopic (exact) mass is 281 g/mol. The van der Waals surface area contributed by atoms with Crippen LogP contribution in [0.25, 0.3) is 17.2 Å². The number of fused-ring (bicyclic) bond motifs is 1. The minimum absolute atomic E-state index is 0.169. The summed E-state index contributed by atoms with van der Waals surface area (Å²) in [4.78, 5) is 16.5. The molecule has 21 heavy (non-hydrogen) atoms. The fourth-order valence-corrected chi connectivity index (χ4v) is 2.10. The molecule has 0 unspecified atom stereocenters. The van der Waals surface area contributed by atoms with Crippen LogP contribution in [-0.4, -0.2) is 24.5 Å². The van der Waals surface area contributed by atoms with Crippen LogP contribution < -0.4 is 5.56 Å². The highest BCUT2D eigenvalue weighted by molar-refractivity contribution is 5.67. The molecule has 0 radical (unpaired) electrons. The zero-order valence-electron chi connectivity index (χ0n) is 11.7. The van der Waals surface area contributed by atoms with E-state index in [0.717, 1.165) is 5.56 Å². The number of aryl methyl sites for hydroxylation is 1. The summed E-state index contributed by atoms with van der Waals surface area (Å²) in [5, 5.41) is 7.83. The van der Waals surface area contributed by atoms with Crippen molar-refractivity contribution in [2.45, 2.75) is 20.0 Å². The van der Waals surface area contributed by atoms with Gasteiger partial charge in [0.1, 0.15) is 6.33 Å². The summed E-state index contributed by atoms with van der Waals surface area (Å²) >= 11 is 0. The topological polar surface area (TPSA) is 65.6 Å². The van der Waals surface area contributed by atoms with Gasteiger partial charge in [0, 0.05) is 13.1 Å². The van der Waals surface area contributed by atoms with E-state index in [1.165, 1.54) is 10.9 Å². The van der Waals surface area contributed by atoms with Crippen molar-refractivity contribution in [3.05, 3.63) is 58.7 Å². The molecule has 106 valence electrons. The lowest BCUT2D eigenvalue weighted by Crippen LogP contribution is -2.20. The van der Waals surface area contributed by atoms with E-state index in [1.54, 1.807) is 4.68 Å². The second-order valence-corrected chi connectivity index (χ2v) is 4.59. The highest BCUT2D eigenvalue weighted by atomic mass is 16.1. The minimum atomic E-state index is -0.169. The van der Waals surface area contributed by atoms with Crippen molar-refractivity contribution in [3.63, 3.8) is 0 Å². The van der Waals surface area contributed by atoms with Gasteiger partial charge in [0.15, 0.2) is 11.2 Å². The van der Waals surface area contributed by atoms with E-state index in [-0.39, 0.29) is 5.56 Å². The van der Waals surface area contributed by atoms with E-state index in [9.17, 15) is 4.79 Å². The van der Waals surface area contributed by atoms with Gasteiger partial charge in [-0.2, -0.15) is 0 Å². The number of hydrogen-bond donors (Lipinski definition) is 0. The molecule has 0 aliphatic rings. The van der Waals surface area contributed by atoms with E-state index in [1.807, 2.05) is 49.4 Å². The maximum Gasteiger partial charge on any atom is 0.283 e. The molecular formula is C15H15N5O. The zero-order chi connectivity index (χ0) is 14.7. The SMILES string of the molecule is CCn1nnc2c(=O)n(CC=Cc3ccccc3)cnc21. The third-order valence-corrected chi connectivity index (χ3v) is 3.20. The van der Waals surface area contributed by atoms with Gasteiger partial charge in [-0.15, -0.1) is 5.10 Å². The van der Waals surface area contributed by atoms with Crippen LogP contribution >= 0.6 is 0 Å². The molecule has 0 aliphatic heterocycles. The number of benzene rings is 1. The Kier molecular flexibility index (Phi) is 3.59. The molecule has 6 heteroatoms. The number of rotatable bonds is 4. The maximum atomic E-state index is 12.3. The molecular weight excluding hydrogens is 266 g/mol. The molecule has 2 heterocycles. The van der Waals surface area contributed by atoms with Crippen LogP contribution in [0.5, 0.6) is 0 Å². The maximum absolute atomic E-state index is 12.3. The molecule has 3 aromatic rings. The van der Waals surface area contributed by atoms with Gasteiger partial charge >= 0.3 is 0 Å². The second-order valence-electron chi connectivity index (χ2n) is 4.59. The van der Waals surface area contributed by atoms with E-state index in [4.69, 9.17) is 0 Å². The third kappa shape index (κ3) is 2.60. The van der Waals surface area contributed by atoms with Gasteiger partial charge in [-0.3, -0.25) is 9.36 Å². The summed E-state index contributed by atoms with van der Waals surface area (Å²) in [5.74, 6) is 0. The zero-order valence-corrected chi connectivity index (χ0v) is 11.7. The fourth-order valence-electron chi connectivity index (χ4n) is 2.10. The van der Waals surface area contributed by atoms with Gasteiger partial charge in [0.05, 0.1) is 0 Å². The minimum Gasteiger partial charge on any atom is -0.293 e. The first kappa shape index (κ1) is 13.2. The molecule has 0 atom stereocenters. The Labute approximate surface area is 121 Å². The number of nitrogens with zero attached hydrogens (tertiary/aromatic N) is 5. The molecule has 3 rings (SSSR count). The van der Waals surface area contributed by atoms with Crippen LogP contribution in [0, 0.1) is 0 Å². The molecule has 0 saturated carbocycles. The van der Waals surface area contributed by atoms with E-state index < -0.39 is 0 Å². The summed E-state index contributed by atoms with van der Waals surface area (Å²) in [6.45, 7) is 3.03. The Morgan fingerprint density at radius 3 is 2.81 bits per heavy atom. The lowest BCUT2D eigenvalue weighted by molar-refractivity contribution is 0.640. The Morgan fingerprint density at radius 1 is 1.24 bits per heavy atom. The van der Waals surface area contributed by atoms with Gasteiger partial charge in [-0.1, -0.05) is 47.7 Å². The highest BCUT2D eigenvalue weighted by Crippen LogP contribution is 2.03. The largest absolute Gasteiger partial charge is 0.293 e. The molecule has 0 aliphatic carbocycles. The summed E-state index contributed by atoms with van der Waals surface area (Å²) in [5.41, 5.74) is 1.77. The average Bonchev–Trinajstić information content (AvgIpc) is 2.94. The third-order valence-electron chi connectivity index (χ3n) is 3.20. The highest BCUT2D eigenvalue weighted by Gasteiger charge is 2.09. The van der Waals surface area contributed by atoms with Gasteiger partial charge < -0.3 is 0 Å². The molecule has 0 bridgehead atoms. The van der Waals surface area contributed by atoms with Gasteiger partial charge in [-0.05, 0) is 12.5 Å². The molecule has 2 aromatic heterocycles. The molecule has 1 aromatic carbocycles. The molecule has 0 amide bonds.